The molecule has 6 rings (SSSR count). The third-order valence-corrected chi connectivity index (χ3v) is 5.34. The number of rotatable bonds is 2. The van der Waals surface area contributed by atoms with Crippen molar-refractivity contribution in [3.63, 3.8) is 0 Å². The maximum atomic E-state index is 5.83. The Kier molecular flexibility index (Phi) is 3.17. The van der Waals surface area contributed by atoms with Crippen LogP contribution in [-0.4, -0.2) is 9.55 Å². The molecule has 0 saturated carbocycles. The Labute approximate surface area is 161 Å². The van der Waals surface area contributed by atoms with E-state index in [0.29, 0.717) is 0 Å². The molecule has 0 unspecified atom stereocenters. The lowest BCUT2D eigenvalue weighted by molar-refractivity contribution is 0.619. The van der Waals surface area contributed by atoms with Crippen molar-refractivity contribution < 1.29 is 4.42 Å². The number of nitrogens with zero attached hydrogens (tertiary/aromatic N) is 2. The molecule has 132 valence electrons. The third kappa shape index (κ3) is 2.13. The summed E-state index contributed by atoms with van der Waals surface area (Å²) < 4.78 is 8.04. The first-order valence-corrected chi connectivity index (χ1v) is 9.31. The molecule has 3 aromatic carbocycles. The van der Waals surface area contributed by atoms with Crippen LogP contribution in [0.4, 0.5) is 0 Å². The fourth-order valence-electron chi connectivity index (χ4n) is 4.04. The Hall–Kier alpha value is -3.85. The fourth-order valence-corrected chi connectivity index (χ4v) is 4.04. The Balaban J connectivity index is 1.63. The van der Waals surface area contributed by atoms with Gasteiger partial charge in [-0.2, -0.15) is 0 Å². The predicted octanol–water partition coefficient (Wildman–Crippen LogP) is 6.59. The first-order valence-electron chi connectivity index (χ1n) is 9.31. The number of benzene rings is 3. The Morgan fingerprint density at radius 1 is 0.679 bits per heavy atom. The number of para-hydroxylation sites is 1. The van der Waals surface area contributed by atoms with Gasteiger partial charge in [0.25, 0.3) is 0 Å². The fraction of sp³-hybridized carbons (Fsp3) is 0. The average Bonchev–Trinajstić information content (AvgIpc) is 3.36. The first kappa shape index (κ1) is 15.2. The molecule has 3 nitrogen and oxygen atoms in total. The minimum absolute atomic E-state index is 0.900. The van der Waals surface area contributed by atoms with Gasteiger partial charge in [-0.3, -0.25) is 4.57 Å². The number of hydrogen-bond donors (Lipinski definition) is 0. The molecule has 0 fully saturated rings. The molecule has 0 aliphatic carbocycles. The topological polar surface area (TPSA) is 31.0 Å². The van der Waals surface area contributed by atoms with Crippen LogP contribution in [0.25, 0.3) is 49.7 Å². The van der Waals surface area contributed by atoms with Crippen molar-refractivity contribution in [2.24, 2.45) is 0 Å². The smallest absolute Gasteiger partial charge is 0.143 e. The van der Waals surface area contributed by atoms with Crippen LogP contribution in [0.1, 0.15) is 0 Å². The van der Waals surface area contributed by atoms with Crippen molar-refractivity contribution in [3.8, 4) is 16.9 Å². The van der Waals surface area contributed by atoms with E-state index in [9.17, 15) is 0 Å². The molecule has 28 heavy (non-hydrogen) atoms. The van der Waals surface area contributed by atoms with Crippen molar-refractivity contribution in [2.45, 2.75) is 0 Å². The molecule has 3 heteroatoms. The van der Waals surface area contributed by atoms with E-state index in [0.717, 1.165) is 38.8 Å². The Morgan fingerprint density at radius 3 is 2.39 bits per heavy atom. The van der Waals surface area contributed by atoms with E-state index in [4.69, 9.17) is 9.40 Å². The zero-order valence-corrected chi connectivity index (χ0v) is 15.0. The molecule has 0 amide bonds. The van der Waals surface area contributed by atoms with E-state index < -0.39 is 0 Å². The van der Waals surface area contributed by atoms with Crippen LogP contribution in [0, 0.1) is 0 Å². The number of pyridine rings is 1. The van der Waals surface area contributed by atoms with Crippen LogP contribution < -0.4 is 0 Å². The summed E-state index contributed by atoms with van der Waals surface area (Å²) in [4.78, 5) is 4.80. The standard InChI is InChI=1S/C25H16N2O/c1-2-6-17(7-3-1)19-11-13-23(26-16-19)27-21-9-5-4-8-20(21)24-22(27)12-10-18-14-15-28-25(18)24/h1-16H. The monoisotopic (exact) mass is 360 g/mol. The van der Waals surface area contributed by atoms with Gasteiger partial charge in [0, 0.05) is 22.5 Å². The van der Waals surface area contributed by atoms with Gasteiger partial charge in [0.15, 0.2) is 0 Å². The largest absolute Gasteiger partial charge is 0.464 e. The lowest BCUT2D eigenvalue weighted by atomic mass is 10.1. The van der Waals surface area contributed by atoms with Crippen LogP contribution in [0.15, 0.2) is 102 Å². The number of furan rings is 1. The Bertz CT molecular complexity index is 1440. The minimum atomic E-state index is 0.900. The lowest BCUT2D eigenvalue weighted by Crippen LogP contribution is -1.97. The second-order valence-electron chi connectivity index (χ2n) is 6.92. The van der Waals surface area contributed by atoms with E-state index in [1.54, 1.807) is 6.26 Å². The summed E-state index contributed by atoms with van der Waals surface area (Å²) in [5.41, 5.74) is 5.43. The molecule has 3 aromatic heterocycles. The van der Waals surface area contributed by atoms with E-state index in [2.05, 4.69) is 65.2 Å². The van der Waals surface area contributed by atoms with Crippen LogP contribution in [0.5, 0.6) is 0 Å². The highest BCUT2D eigenvalue weighted by molar-refractivity contribution is 6.19. The van der Waals surface area contributed by atoms with Crippen LogP contribution >= 0.6 is 0 Å². The second kappa shape index (κ2) is 5.83. The molecule has 0 atom stereocenters. The van der Waals surface area contributed by atoms with Gasteiger partial charge in [0.2, 0.25) is 0 Å². The van der Waals surface area contributed by atoms with Crippen molar-refractivity contribution in [1.29, 1.82) is 0 Å². The van der Waals surface area contributed by atoms with Gasteiger partial charge < -0.3 is 4.42 Å². The Morgan fingerprint density at radius 2 is 1.54 bits per heavy atom. The highest BCUT2D eigenvalue weighted by Crippen LogP contribution is 2.36. The maximum absolute atomic E-state index is 5.83. The summed E-state index contributed by atoms with van der Waals surface area (Å²) >= 11 is 0. The van der Waals surface area contributed by atoms with E-state index in [-0.39, 0.29) is 0 Å². The zero-order valence-electron chi connectivity index (χ0n) is 15.0. The van der Waals surface area contributed by atoms with Gasteiger partial charge in [0.1, 0.15) is 11.4 Å². The van der Waals surface area contributed by atoms with E-state index in [1.807, 2.05) is 30.5 Å². The highest BCUT2D eigenvalue weighted by Gasteiger charge is 2.16. The highest BCUT2D eigenvalue weighted by atomic mass is 16.3. The van der Waals surface area contributed by atoms with Crippen molar-refractivity contribution in [1.82, 2.24) is 9.55 Å². The molecule has 6 aromatic rings. The summed E-state index contributed by atoms with van der Waals surface area (Å²) in [7, 11) is 0. The number of hydrogen-bond acceptors (Lipinski definition) is 2. The molecule has 3 heterocycles. The molecule has 0 aliphatic heterocycles. The van der Waals surface area contributed by atoms with Gasteiger partial charge >= 0.3 is 0 Å². The van der Waals surface area contributed by atoms with E-state index >= 15 is 0 Å². The summed E-state index contributed by atoms with van der Waals surface area (Å²) in [5.74, 6) is 0.900. The van der Waals surface area contributed by atoms with E-state index in [1.165, 1.54) is 10.9 Å². The molecule has 0 radical (unpaired) electrons. The first-order chi connectivity index (χ1) is 13.9. The van der Waals surface area contributed by atoms with Crippen molar-refractivity contribution >= 4 is 32.8 Å². The normalized spacial score (nSPS) is 11.6. The third-order valence-electron chi connectivity index (χ3n) is 5.34. The summed E-state index contributed by atoms with van der Waals surface area (Å²) in [6.07, 6.45) is 3.69. The SMILES string of the molecule is c1ccc(-c2ccc(-n3c4ccccc4c4c5occc5ccc43)nc2)cc1. The van der Waals surface area contributed by atoms with Gasteiger partial charge in [-0.25, -0.2) is 4.98 Å². The molecule has 0 aliphatic rings. The maximum Gasteiger partial charge on any atom is 0.143 e. The molecule has 0 spiro atoms. The molecular formula is C25H16N2O. The van der Waals surface area contributed by atoms with Crippen molar-refractivity contribution in [3.05, 3.63) is 97.4 Å². The van der Waals surface area contributed by atoms with Gasteiger partial charge in [-0.1, -0.05) is 48.5 Å². The van der Waals surface area contributed by atoms with Crippen molar-refractivity contribution in [2.75, 3.05) is 0 Å². The van der Waals surface area contributed by atoms with Crippen LogP contribution in [0.3, 0.4) is 0 Å². The lowest BCUT2D eigenvalue weighted by Gasteiger charge is -2.08. The molecule has 0 saturated heterocycles. The zero-order chi connectivity index (χ0) is 18.5. The van der Waals surface area contributed by atoms with Gasteiger partial charge in [-0.15, -0.1) is 0 Å². The summed E-state index contributed by atoms with van der Waals surface area (Å²) in [5, 5.41) is 3.42. The number of aromatic nitrogens is 2. The quantitative estimate of drug-likeness (QED) is 0.349. The van der Waals surface area contributed by atoms with Crippen LogP contribution in [-0.2, 0) is 0 Å². The molecule has 0 bridgehead atoms. The summed E-state index contributed by atoms with van der Waals surface area (Å²) in [6.45, 7) is 0. The predicted molar refractivity (Wildman–Crippen MR) is 114 cm³/mol. The van der Waals surface area contributed by atoms with Gasteiger partial charge in [0.05, 0.1) is 22.7 Å². The minimum Gasteiger partial charge on any atom is -0.464 e. The van der Waals surface area contributed by atoms with Gasteiger partial charge in [-0.05, 0) is 42.0 Å². The molecule has 0 N–H and O–H groups in total. The number of fused-ring (bicyclic) bond motifs is 5. The van der Waals surface area contributed by atoms with Crippen LogP contribution in [0.2, 0.25) is 0 Å². The molecular weight excluding hydrogens is 344 g/mol. The second-order valence-corrected chi connectivity index (χ2v) is 6.92. The average molecular weight is 360 g/mol. The summed E-state index contributed by atoms with van der Waals surface area (Å²) in [6, 6.07) is 29.2.